The Bertz CT molecular complexity index is 616. The van der Waals surface area contributed by atoms with E-state index in [2.05, 4.69) is 47.8 Å². The predicted molar refractivity (Wildman–Crippen MR) is 83.7 cm³/mol. The van der Waals surface area contributed by atoms with Gasteiger partial charge in [-0.05, 0) is 50.2 Å². The van der Waals surface area contributed by atoms with Crippen LogP contribution in [0.4, 0.5) is 11.4 Å². The number of aromatic nitrogens is 2. The van der Waals surface area contributed by atoms with Crippen LogP contribution in [-0.4, -0.2) is 14.9 Å². The summed E-state index contributed by atoms with van der Waals surface area (Å²) in [7, 11) is 1.90. The zero-order valence-electron chi connectivity index (χ0n) is 11.6. The number of benzene rings is 1. The van der Waals surface area contributed by atoms with Gasteiger partial charge in [0.1, 0.15) is 0 Å². The summed E-state index contributed by atoms with van der Waals surface area (Å²) < 4.78 is 1.81. The number of hydrogen-bond donors (Lipinski definition) is 2. The van der Waals surface area contributed by atoms with Crippen LogP contribution in [0.1, 0.15) is 16.8 Å². The zero-order chi connectivity index (χ0) is 14.0. The Kier molecular flexibility index (Phi) is 3.85. The standard InChI is InChI=1S/C14H18N4S/c1-9-5-6-10(2)12(7-9)16-14(19)17-13-8-15-18(4)11(13)3/h5-8H,1-4H3,(H2,16,17,19). The molecular weight excluding hydrogens is 256 g/mol. The molecule has 2 aromatic rings. The predicted octanol–water partition coefficient (Wildman–Crippen LogP) is 3.15. The third kappa shape index (κ3) is 3.12. The maximum Gasteiger partial charge on any atom is 0.175 e. The molecule has 1 heterocycles. The van der Waals surface area contributed by atoms with Crippen LogP contribution in [0, 0.1) is 20.8 Å². The number of rotatable bonds is 2. The van der Waals surface area contributed by atoms with E-state index in [1.54, 1.807) is 6.20 Å². The lowest BCUT2D eigenvalue weighted by molar-refractivity contribution is 0.740. The quantitative estimate of drug-likeness (QED) is 0.826. The van der Waals surface area contributed by atoms with E-state index in [9.17, 15) is 0 Å². The van der Waals surface area contributed by atoms with Crippen LogP contribution >= 0.6 is 12.2 Å². The largest absolute Gasteiger partial charge is 0.332 e. The highest BCUT2D eigenvalue weighted by Gasteiger charge is 2.06. The van der Waals surface area contributed by atoms with Crippen molar-refractivity contribution in [3.8, 4) is 0 Å². The number of aryl methyl sites for hydroxylation is 3. The maximum absolute atomic E-state index is 5.33. The molecule has 0 saturated heterocycles. The Morgan fingerprint density at radius 3 is 2.47 bits per heavy atom. The third-order valence-electron chi connectivity index (χ3n) is 3.12. The molecule has 0 aliphatic carbocycles. The van der Waals surface area contributed by atoms with Crippen molar-refractivity contribution < 1.29 is 0 Å². The molecule has 0 radical (unpaired) electrons. The van der Waals surface area contributed by atoms with Gasteiger partial charge in [-0.3, -0.25) is 4.68 Å². The number of nitrogens with zero attached hydrogens (tertiary/aromatic N) is 2. The minimum Gasteiger partial charge on any atom is -0.332 e. The van der Waals surface area contributed by atoms with Gasteiger partial charge in [0, 0.05) is 12.7 Å². The number of anilines is 2. The third-order valence-corrected chi connectivity index (χ3v) is 3.33. The topological polar surface area (TPSA) is 41.9 Å². The van der Waals surface area contributed by atoms with Crippen LogP contribution in [0.15, 0.2) is 24.4 Å². The van der Waals surface area contributed by atoms with Crippen molar-refractivity contribution in [2.24, 2.45) is 7.05 Å². The molecule has 0 atom stereocenters. The van der Waals surface area contributed by atoms with Crippen LogP contribution in [0.3, 0.4) is 0 Å². The van der Waals surface area contributed by atoms with Crippen molar-refractivity contribution in [2.75, 3.05) is 10.6 Å². The summed E-state index contributed by atoms with van der Waals surface area (Å²) in [4.78, 5) is 0. The lowest BCUT2D eigenvalue weighted by atomic mass is 10.1. The van der Waals surface area contributed by atoms with Gasteiger partial charge >= 0.3 is 0 Å². The van der Waals surface area contributed by atoms with Gasteiger partial charge in [0.15, 0.2) is 5.11 Å². The molecule has 0 aliphatic heterocycles. The molecule has 0 unspecified atom stereocenters. The van der Waals surface area contributed by atoms with E-state index < -0.39 is 0 Å². The van der Waals surface area contributed by atoms with Gasteiger partial charge in [0.05, 0.1) is 17.6 Å². The van der Waals surface area contributed by atoms with Crippen molar-refractivity contribution in [1.82, 2.24) is 9.78 Å². The summed E-state index contributed by atoms with van der Waals surface area (Å²) in [5, 5.41) is 11.1. The Morgan fingerprint density at radius 2 is 1.84 bits per heavy atom. The highest BCUT2D eigenvalue weighted by Crippen LogP contribution is 2.18. The highest BCUT2D eigenvalue weighted by atomic mass is 32.1. The summed E-state index contributed by atoms with van der Waals surface area (Å²) in [6, 6.07) is 6.25. The molecule has 100 valence electrons. The average Bonchev–Trinajstić information content (AvgIpc) is 2.66. The van der Waals surface area contributed by atoms with Gasteiger partial charge in [0.25, 0.3) is 0 Å². The zero-order valence-corrected chi connectivity index (χ0v) is 12.4. The first-order valence-electron chi connectivity index (χ1n) is 6.11. The second-order valence-corrected chi connectivity index (χ2v) is 5.07. The monoisotopic (exact) mass is 274 g/mol. The smallest absolute Gasteiger partial charge is 0.175 e. The molecule has 0 bridgehead atoms. The molecule has 19 heavy (non-hydrogen) atoms. The second-order valence-electron chi connectivity index (χ2n) is 4.66. The first-order valence-corrected chi connectivity index (χ1v) is 6.52. The van der Waals surface area contributed by atoms with Crippen molar-refractivity contribution in [3.05, 3.63) is 41.2 Å². The average molecular weight is 274 g/mol. The summed E-state index contributed by atoms with van der Waals surface area (Å²) in [5.41, 5.74) is 5.36. The molecule has 0 amide bonds. The van der Waals surface area contributed by atoms with Crippen molar-refractivity contribution >= 4 is 28.7 Å². The van der Waals surface area contributed by atoms with E-state index in [0.717, 1.165) is 22.6 Å². The second kappa shape index (κ2) is 5.40. The molecule has 0 fully saturated rings. The lowest BCUT2D eigenvalue weighted by Crippen LogP contribution is -2.20. The summed E-state index contributed by atoms with van der Waals surface area (Å²) in [6.07, 6.45) is 1.77. The van der Waals surface area contributed by atoms with E-state index in [1.807, 2.05) is 18.7 Å². The van der Waals surface area contributed by atoms with E-state index in [0.29, 0.717) is 5.11 Å². The Hall–Kier alpha value is -1.88. The summed E-state index contributed by atoms with van der Waals surface area (Å²) in [5.74, 6) is 0. The molecule has 0 aliphatic rings. The van der Waals surface area contributed by atoms with Crippen molar-refractivity contribution in [3.63, 3.8) is 0 Å². The Morgan fingerprint density at radius 1 is 1.16 bits per heavy atom. The SMILES string of the molecule is Cc1ccc(C)c(NC(=S)Nc2cnn(C)c2C)c1. The van der Waals surface area contributed by atoms with Crippen LogP contribution < -0.4 is 10.6 Å². The summed E-state index contributed by atoms with van der Waals surface area (Å²) in [6.45, 7) is 6.11. The molecule has 2 rings (SSSR count). The fourth-order valence-electron chi connectivity index (χ4n) is 1.77. The molecule has 1 aromatic carbocycles. The lowest BCUT2D eigenvalue weighted by Gasteiger charge is -2.12. The first-order chi connectivity index (χ1) is 8.97. The molecule has 2 N–H and O–H groups in total. The minimum atomic E-state index is 0.574. The van der Waals surface area contributed by atoms with Gasteiger partial charge in [-0.15, -0.1) is 0 Å². The molecule has 0 spiro atoms. The van der Waals surface area contributed by atoms with Crippen LogP contribution in [-0.2, 0) is 7.05 Å². The fourth-order valence-corrected chi connectivity index (χ4v) is 1.99. The number of hydrogen-bond acceptors (Lipinski definition) is 2. The molecule has 5 heteroatoms. The summed E-state index contributed by atoms with van der Waals surface area (Å²) >= 11 is 5.33. The van der Waals surface area contributed by atoms with Gasteiger partial charge in [-0.1, -0.05) is 12.1 Å². The number of nitrogens with one attached hydrogen (secondary N) is 2. The van der Waals surface area contributed by atoms with Gasteiger partial charge < -0.3 is 10.6 Å². The Labute approximate surface area is 118 Å². The molecule has 1 aromatic heterocycles. The molecule has 0 saturated carbocycles. The van der Waals surface area contributed by atoms with E-state index >= 15 is 0 Å². The fraction of sp³-hybridized carbons (Fsp3) is 0.286. The van der Waals surface area contributed by atoms with Crippen molar-refractivity contribution in [1.29, 1.82) is 0 Å². The Balaban J connectivity index is 2.09. The van der Waals surface area contributed by atoms with Gasteiger partial charge in [-0.2, -0.15) is 5.10 Å². The van der Waals surface area contributed by atoms with Crippen molar-refractivity contribution in [2.45, 2.75) is 20.8 Å². The highest BCUT2D eigenvalue weighted by molar-refractivity contribution is 7.80. The number of thiocarbonyl (C=S) groups is 1. The molecule has 4 nitrogen and oxygen atoms in total. The van der Waals surface area contributed by atoms with Crippen LogP contribution in [0.2, 0.25) is 0 Å². The van der Waals surface area contributed by atoms with E-state index in [1.165, 1.54) is 5.56 Å². The van der Waals surface area contributed by atoms with Crippen LogP contribution in [0.5, 0.6) is 0 Å². The molecular formula is C14H18N4S. The van der Waals surface area contributed by atoms with Crippen LogP contribution in [0.25, 0.3) is 0 Å². The van der Waals surface area contributed by atoms with Gasteiger partial charge in [0.2, 0.25) is 0 Å². The van der Waals surface area contributed by atoms with E-state index in [4.69, 9.17) is 12.2 Å². The first kappa shape index (κ1) is 13.5. The van der Waals surface area contributed by atoms with Gasteiger partial charge in [-0.25, -0.2) is 0 Å². The normalized spacial score (nSPS) is 10.3. The van der Waals surface area contributed by atoms with E-state index in [-0.39, 0.29) is 0 Å². The minimum absolute atomic E-state index is 0.574. The maximum atomic E-state index is 5.33.